The minimum absolute atomic E-state index is 0.0909. The van der Waals surface area contributed by atoms with Crippen LogP contribution < -0.4 is 21.7 Å². The highest BCUT2D eigenvalue weighted by atomic mass is 16.7. The predicted molar refractivity (Wildman–Crippen MR) is 195 cm³/mol. The van der Waals surface area contributed by atoms with Crippen LogP contribution in [-0.2, 0) is 6.54 Å². The van der Waals surface area contributed by atoms with Crippen LogP contribution in [-0.4, -0.2) is 44.6 Å². The van der Waals surface area contributed by atoms with Crippen molar-refractivity contribution in [1.82, 2.24) is 29.2 Å². The number of nitrogens with two attached hydrogens (primary N) is 1. The molecule has 0 spiro atoms. The van der Waals surface area contributed by atoms with E-state index in [9.17, 15) is 25.0 Å². The topological polar surface area (TPSA) is 184 Å². The summed E-state index contributed by atoms with van der Waals surface area (Å²) in [5.41, 5.74) is 10.9. The van der Waals surface area contributed by atoms with Crippen molar-refractivity contribution >= 4 is 22.1 Å². The van der Waals surface area contributed by atoms with Crippen LogP contribution in [0.1, 0.15) is 11.3 Å². The van der Waals surface area contributed by atoms with E-state index in [1.807, 2.05) is 48.5 Å². The minimum Gasteiger partial charge on any atom is -0.507 e. The SMILES string of the molecule is Cc1cc(On2c(=O)cc(O)c3c(-c4cccc(-c5ccc(CN)cc5)c4)ccnc32)n(-c2cccc(-c3ccnc4c3c(O)cc(=O)n4O)c2)n1. The van der Waals surface area contributed by atoms with Gasteiger partial charge in [0.2, 0.25) is 5.88 Å². The molecule has 8 rings (SSSR count). The van der Waals surface area contributed by atoms with Gasteiger partial charge in [-0.2, -0.15) is 9.78 Å². The van der Waals surface area contributed by atoms with Crippen LogP contribution in [0.4, 0.5) is 0 Å². The molecule has 52 heavy (non-hydrogen) atoms. The number of hydrogen-bond donors (Lipinski definition) is 4. The van der Waals surface area contributed by atoms with Gasteiger partial charge < -0.3 is 26.0 Å². The molecule has 13 heteroatoms. The molecular formula is C39H29N7O6. The van der Waals surface area contributed by atoms with Crippen molar-refractivity contribution in [3.63, 3.8) is 0 Å². The fraction of sp³-hybridized carbons (Fsp3) is 0.0513. The number of rotatable bonds is 7. The quantitative estimate of drug-likeness (QED) is 0.155. The maximum atomic E-state index is 13.4. The molecule has 0 amide bonds. The largest absolute Gasteiger partial charge is 0.507 e. The number of fused-ring (bicyclic) bond motifs is 2. The van der Waals surface area contributed by atoms with Crippen molar-refractivity contribution in [2.75, 3.05) is 0 Å². The van der Waals surface area contributed by atoms with Gasteiger partial charge in [0, 0.05) is 37.1 Å². The summed E-state index contributed by atoms with van der Waals surface area (Å²) in [5.74, 6) is -0.416. The van der Waals surface area contributed by atoms with Crippen molar-refractivity contribution in [3.8, 4) is 56.4 Å². The molecule has 13 nitrogen and oxygen atoms in total. The molecule has 5 N–H and O–H groups in total. The van der Waals surface area contributed by atoms with Gasteiger partial charge in [-0.25, -0.2) is 9.97 Å². The normalized spacial score (nSPS) is 11.3. The molecule has 0 bridgehead atoms. The van der Waals surface area contributed by atoms with Gasteiger partial charge in [0.15, 0.2) is 11.3 Å². The zero-order valence-electron chi connectivity index (χ0n) is 27.5. The first-order valence-corrected chi connectivity index (χ1v) is 16.1. The summed E-state index contributed by atoms with van der Waals surface area (Å²) in [5, 5.41) is 37.2. The fourth-order valence-electron chi connectivity index (χ4n) is 6.32. The number of aromatic hydroxyl groups is 2. The summed E-state index contributed by atoms with van der Waals surface area (Å²) in [6.45, 7) is 2.22. The molecule has 0 saturated heterocycles. The Morgan fingerprint density at radius 1 is 0.692 bits per heavy atom. The first-order chi connectivity index (χ1) is 25.2. The second-order valence-electron chi connectivity index (χ2n) is 12.1. The summed E-state index contributed by atoms with van der Waals surface area (Å²) < 4.78 is 2.89. The maximum absolute atomic E-state index is 13.4. The monoisotopic (exact) mass is 691 g/mol. The Hall–Kier alpha value is -7.25. The Bertz CT molecular complexity index is 2810. The van der Waals surface area contributed by atoms with Crippen LogP contribution >= 0.6 is 0 Å². The van der Waals surface area contributed by atoms with Crippen molar-refractivity contribution in [2.24, 2.45) is 5.73 Å². The van der Waals surface area contributed by atoms with Gasteiger partial charge in [-0.1, -0.05) is 54.6 Å². The third-order valence-corrected chi connectivity index (χ3v) is 8.78. The van der Waals surface area contributed by atoms with Crippen LogP contribution in [0.25, 0.3) is 61.1 Å². The van der Waals surface area contributed by atoms with Crippen LogP contribution in [0.3, 0.4) is 0 Å². The number of benzene rings is 3. The molecule has 0 unspecified atom stereocenters. The van der Waals surface area contributed by atoms with Crippen LogP contribution in [0, 0.1) is 6.92 Å². The minimum atomic E-state index is -0.821. The lowest BCUT2D eigenvalue weighted by Crippen LogP contribution is -2.25. The number of aryl methyl sites for hydroxylation is 1. The van der Waals surface area contributed by atoms with E-state index in [-0.39, 0.29) is 34.1 Å². The average molecular weight is 692 g/mol. The highest BCUT2D eigenvalue weighted by molar-refractivity contribution is 5.98. The van der Waals surface area contributed by atoms with E-state index in [2.05, 4.69) is 15.1 Å². The molecule has 256 valence electrons. The lowest BCUT2D eigenvalue weighted by atomic mass is 9.97. The molecule has 0 aliphatic heterocycles. The second kappa shape index (κ2) is 12.6. The van der Waals surface area contributed by atoms with Crippen molar-refractivity contribution < 1.29 is 20.3 Å². The van der Waals surface area contributed by atoms with E-state index in [1.165, 1.54) is 10.9 Å². The lowest BCUT2D eigenvalue weighted by molar-refractivity contribution is 0.186. The van der Waals surface area contributed by atoms with Crippen molar-refractivity contribution in [3.05, 3.63) is 147 Å². The van der Waals surface area contributed by atoms with E-state index in [4.69, 9.17) is 10.6 Å². The molecule has 0 aliphatic carbocycles. The number of aromatic nitrogens is 6. The Balaban J connectivity index is 1.21. The molecule has 5 aromatic heterocycles. The Labute approximate surface area is 294 Å². The number of nitrogens with zero attached hydrogens (tertiary/aromatic N) is 6. The maximum Gasteiger partial charge on any atom is 0.289 e. The zero-order valence-corrected chi connectivity index (χ0v) is 27.5. The summed E-state index contributed by atoms with van der Waals surface area (Å²) in [6, 6.07) is 30.0. The second-order valence-corrected chi connectivity index (χ2v) is 12.1. The average Bonchev–Trinajstić information content (AvgIpc) is 3.54. The van der Waals surface area contributed by atoms with Gasteiger partial charge in [0.05, 0.1) is 22.2 Å². The van der Waals surface area contributed by atoms with E-state index >= 15 is 0 Å². The number of hydrogen-bond acceptors (Lipinski definition) is 10. The zero-order chi connectivity index (χ0) is 36.1. The van der Waals surface area contributed by atoms with E-state index in [1.54, 1.807) is 55.6 Å². The summed E-state index contributed by atoms with van der Waals surface area (Å²) in [7, 11) is 0. The van der Waals surface area contributed by atoms with Crippen LogP contribution in [0.2, 0.25) is 0 Å². The first-order valence-electron chi connectivity index (χ1n) is 16.1. The molecule has 0 saturated carbocycles. The molecular weight excluding hydrogens is 662 g/mol. The van der Waals surface area contributed by atoms with E-state index < -0.39 is 11.1 Å². The Morgan fingerprint density at radius 2 is 1.31 bits per heavy atom. The van der Waals surface area contributed by atoms with Gasteiger partial charge in [0.25, 0.3) is 11.1 Å². The van der Waals surface area contributed by atoms with Crippen molar-refractivity contribution in [1.29, 1.82) is 0 Å². The molecule has 5 heterocycles. The highest BCUT2D eigenvalue weighted by Crippen LogP contribution is 2.36. The third-order valence-electron chi connectivity index (χ3n) is 8.78. The van der Waals surface area contributed by atoms with Gasteiger partial charge in [0.1, 0.15) is 11.5 Å². The van der Waals surface area contributed by atoms with Crippen LogP contribution in [0.15, 0.2) is 125 Å². The van der Waals surface area contributed by atoms with E-state index in [0.29, 0.717) is 44.7 Å². The van der Waals surface area contributed by atoms with E-state index in [0.717, 1.165) is 39.1 Å². The third kappa shape index (κ3) is 5.47. The molecule has 0 aliphatic rings. The van der Waals surface area contributed by atoms with Crippen LogP contribution in [0.5, 0.6) is 17.4 Å². The number of pyridine rings is 4. The molecule has 0 fully saturated rings. The molecule has 8 aromatic rings. The molecule has 0 radical (unpaired) electrons. The van der Waals surface area contributed by atoms with Gasteiger partial charge in [-0.15, -0.1) is 9.46 Å². The summed E-state index contributed by atoms with van der Waals surface area (Å²) >= 11 is 0. The Kier molecular flexibility index (Phi) is 7.73. The molecule has 0 atom stereocenters. The standard InChI is InChI=1S/C39H29N7O6/c1-22-16-35(44(43-22)28-7-3-6-27(18-28)30-12-14-41-38-36(30)31(47)19-33(49)45(38)51)52-46-34(50)20-32(48)37-29(13-15-42-39(37)46)26-5-2-4-25(17-26)24-10-8-23(21-40)9-11-24/h2-20,47-48,51H,21,40H2,1H3. The smallest absolute Gasteiger partial charge is 0.289 e. The fourth-order valence-corrected chi connectivity index (χ4v) is 6.32. The van der Waals surface area contributed by atoms with Gasteiger partial charge in [-0.05, 0) is 76.2 Å². The Morgan fingerprint density at radius 3 is 2.02 bits per heavy atom. The first kappa shape index (κ1) is 32.0. The predicted octanol–water partition coefficient (Wildman–Crippen LogP) is 5.55. The van der Waals surface area contributed by atoms with Gasteiger partial charge in [-0.3, -0.25) is 9.59 Å². The molecule has 3 aromatic carbocycles. The van der Waals surface area contributed by atoms with Gasteiger partial charge >= 0.3 is 0 Å². The highest BCUT2D eigenvalue weighted by Gasteiger charge is 2.20. The lowest BCUT2D eigenvalue weighted by Gasteiger charge is -2.15. The van der Waals surface area contributed by atoms with Crippen molar-refractivity contribution in [2.45, 2.75) is 13.5 Å². The summed E-state index contributed by atoms with van der Waals surface area (Å²) in [6.07, 6.45) is 2.97. The summed E-state index contributed by atoms with van der Waals surface area (Å²) in [4.78, 5) is 40.3.